The molecule has 0 bridgehead atoms. The Labute approximate surface area is 213 Å². The van der Waals surface area contributed by atoms with E-state index in [2.05, 4.69) is 9.08 Å². The normalized spacial score (nSPS) is 19.3. The van der Waals surface area contributed by atoms with Crippen LogP contribution < -0.4 is 0 Å². The summed E-state index contributed by atoms with van der Waals surface area (Å²) in [4.78, 5) is 2.10. The molecule has 35 heavy (non-hydrogen) atoms. The fraction of sp³-hybridized carbons (Fsp3) is 1.00. The fourth-order valence-electron chi connectivity index (χ4n) is 3.06. The van der Waals surface area contributed by atoms with E-state index in [0.29, 0.717) is 26.2 Å². The predicted molar refractivity (Wildman–Crippen MR) is 136 cm³/mol. The molecule has 12 nitrogen and oxygen atoms in total. The van der Waals surface area contributed by atoms with Crippen LogP contribution in [0.15, 0.2) is 0 Å². The van der Waals surface area contributed by atoms with Gasteiger partial charge in [0.2, 0.25) is 0 Å². The van der Waals surface area contributed by atoms with Crippen molar-refractivity contribution in [2.45, 2.75) is 79.1 Å². The zero-order chi connectivity index (χ0) is 27.4. The minimum Gasteiger partial charge on any atom is -0.304 e. The monoisotopic (exact) mass is 567 g/mol. The van der Waals surface area contributed by atoms with Crippen molar-refractivity contribution in [2.75, 3.05) is 52.6 Å². The second-order valence-electron chi connectivity index (χ2n) is 9.22. The molecule has 2 aliphatic rings. The Hall–Kier alpha value is -0.390. The highest BCUT2D eigenvalue weighted by Gasteiger charge is 2.27. The Kier molecular flexibility index (Phi) is 15.6. The first-order valence-corrected chi connectivity index (χ1v) is 16.3. The molecular formula is C20H45N3O9S3. The van der Waals surface area contributed by atoms with E-state index in [9.17, 15) is 25.3 Å². The summed E-state index contributed by atoms with van der Waals surface area (Å²) >= 11 is 0. The Morgan fingerprint density at radius 1 is 0.543 bits per heavy atom. The van der Waals surface area contributed by atoms with Gasteiger partial charge in [0.25, 0.3) is 10.1 Å². The number of piperazine rings is 1. The predicted octanol–water partition coefficient (Wildman–Crippen LogP) is 1.42. The lowest BCUT2D eigenvalue weighted by Gasteiger charge is -2.31. The minimum atomic E-state index is -3.50. The van der Waals surface area contributed by atoms with Gasteiger partial charge in [0.15, 0.2) is 0 Å². The molecular weight excluding hydrogens is 522 g/mol. The summed E-state index contributed by atoms with van der Waals surface area (Å²) < 4.78 is 83.6. The van der Waals surface area contributed by atoms with Crippen LogP contribution in [0, 0.1) is 0 Å². The van der Waals surface area contributed by atoms with Crippen molar-refractivity contribution >= 4 is 30.7 Å². The Bertz CT molecular complexity index is 891. The van der Waals surface area contributed by atoms with Crippen molar-refractivity contribution in [3.63, 3.8) is 0 Å². The first kappa shape index (κ1) is 34.6. The van der Waals surface area contributed by atoms with Gasteiger partial charge in [-0.05, 0) is 61.4 Å². The van der Waals surface area contributed by atoms with Crippen molar-refractivity contribution in [3.05, 3.63) is 0 Å². The topological polar surface area (TPSA) is 140 Å². The molecule has 0 aromatic carbocycles. The van der Waals surface area contributed by atoms with Crippen LogP contribution in [0.5, 0.6) is 0 Å². The van der Waals surface area contributed by atoms with Crippen LogP contribution in [0.1, 0.15) is 60.8 Å². The highest BCUT2D eigenvalue weighted by molar-refractivity contribution is 7.86. The summed E-state index contributed by atoms with van der Waals surface area (Å²) in [6.07, 6.45) is 3.23. The van der Waals surface area contributed by atoms with Crippen molar-refractivity contribution < 1.29 is 37.8 Å². The van der Waals surface area contributed by atoms with E-state index < -0.39 is 30.7 Å². The molecule has 0 unspecified atom stereocenters. The molecule has 0 spiro atoms. The summed E-state index contributed by atoms with van der Waals surface area (Å²) in [5.41, 5.74) is 0. The molecule has 212 valence electrons. The quantitative estimate of drug-likeness (QED) is 0.396. The standard InChI is InChI=1S/C8H18N2O3S.C8H17NO3S.C4H10O3S/c1-8(2)13-14(11,12)10-6-4-9(3)5-7-10;1-8(2)12-13(10,11)9-6-4-3-5-7-9;1-4(2)7-8(3,5)6/h8H,4-7H2,1-3H3;8H,3-7H2,1-2H3;4H,1-3H3. The molecule has 2 saturated heterocycles. The highest BCUT2D eigenvalue weighted by Crippen LogP contribution is 2.15. The van der Waals surface area contributed by atoms with Crippen LogP contribution in [0.2, 0.25) is 0 Å². The lowest BCUT2D eigenvalue weighted by molar-refractivity contribution is 0.175. The van der Waals surface area contributed by atoms with E-state index in [-0.39, 0.29) is 18.3 Å². The van der Waals surface area contributed by atoms with Gasteiger partial charge in [-0.2, -0.15) is 33.9 Å². The van der Waals surface area contributed by atoms with Crippen LogP contribution in [0.3, 0.4) is 0 Å². The van der Waals surface area contributed by atoms with Crippen molar-refractivity contribution in [2.24, 2.45) is 0 Å². The molecule has 0 aromatic heterocycles. The lowest BCUT2D eigenvalue weighted by atomic mass is 10.2. The third-order valence-corrected chi connectivity index (χ3v) is 8.39. The van der Waals surface area contributed by atoms with Crippen LogP contribution in [0.4, 0.5) is 0 Å². The molecule has 0 atom stereocenters. The van der Waals surface area contributed by atoms with Gasteiger partial charge in [-0.1, -0.05) is 6.42 Å². The third kappa shape index (κ3) is 16.9. The molecule has 0 saturated carbocycles. The maximum Gasteiger partial charge on any atom is 0.338 e. The van der Waals surface area contributed by atoms with Crippen LogP contribution in [-0.4, -0.2) is 110 Å². The number of hydrogen-bond donors (Lipinski definition) is 0. The molecule has 2 rings (SSSR count). The minimum absolute atomic E-state index is 0.245. The van der Waals surface area contributed by atoms with E-state index in [0.717, 1.165) is 38.6 Å². The lowest BCUT2D eigenvalue weighted by Crippen LogP contribution is -2.47. The molecule has 0 aromatic rings. The summed E-state index contributed by atoms with van der Waals surface area (Å²) in [7, 11) is -8.19. The summed E-state index contributed by atoms with van der Waals surface area (Å²) in [5.74, 6) is 0. The Morgan fingerprint density at radius 2 is 0.886 bits per heavy atom. The molecule has 0 N–H and O–H groups in total. The zero-order valence-corrected chi connectivity index (χ0v) is 24.8. The number of piperidine rings is 1. The Balaban J connectivity index is 0.000000516. The maximum absolute atomic E-state index is 11.6. The van der Waals surface area contributed by atoms with Crippen molar-refractivity contribution in [1.29, 1.82) is 0 Å². The van der Waals surface area contributed by atoms with Gasteiger partial charge in [-0.3, -0.25) is 12.5 Å². The summed E-state index contributed by atoms with van der Waals surface area (Å²) in [6, 6.07) is 0. The van der Waals surface area contributed by atoms with Gasteiger partial charge in [-0.25, -0.2) is 0 Å². The zero-order valence-electron chi connectivity index (χ0n) is 22.3. The second kappa shape index (κ2) is 15.8. The SMILES string of the molecule is CC(C)OS(=O)(=O)N1CCCCC1.CC(C)OS(=O)(=O)N1CCN(C)CC1.CC(C)OS(C)(=O)=O. The molecule has 0 amide bonds. The van der Waals surface area contributed by atoms with Crippen LogP contribution in [-0.2, 0) is 43.3 Å². The number of likely N-dealkylation sites (N-methyl/N-ethyl adjacent to an activating group) is 1. The average Bonchev–Trinajstić information content (AvgIpc) is 2.66. The van der Waals surface area contributed by atoms with E-state index >= 15 is 0 Å². The van der Waals surface area contributed by atoms with Gasteiger partial charge in [0.1, 0.15) is 0 Å². The highest BCUT2D eigenvalue weighted by atomic mass is 32.2. The molecule has 2 heterocycles. The van der Waals surface area contributed by atoms with E-state index in [1.807, 2.05) is 7.05 Å². The fourth-order valence-corrected chi connectivity index (χ4v) is 6.29. The second-order valence-corrected chi connectivity index (χ2v) is 13.9. The van der Waals surface area contributed by atoms with Gasteiger partial charge in [0, 0.05) is 39.3 Å². The van der Waals surface area contributed by atoms with E-state index in [4.69, 9.17) is 8.37 Å². The summed E-state index contributed by atoms with van der Waals surface area (Å²) in [6.45, 7) is 14.0. The van der Waals surface area contributed by atoms with Crippen molar-refractivity contribution in [3.8, 4) is 0 Å². The summed E-state index contributed by atoms with van der Waals surface area (Å²) in [5, 5.41) is 0. The van der Waals surface area contributed by atoms with Crippen LogP contribution in [0.25, 0.3) is 0 Å². The smallest absolute Gasteiger partial charge is 0.304 e. The van der Waals surface area contributed by atoms with Crippen LogP contribution >= 0.6 is 0 Å². The molecule has 15 heteroatoms. The first-order chi connectivity index (χ1) is 15.9. The van der Waals surface area contributed by atoms with Crippen molar-refractivity contribution in [1.82, 2.24) is 13.5 Å². The number of hydrogen-bond acceptors (Lipinski definition) is 10. The van der Waals surface area contributed by atoms with E-state index in [1.54, 1.807) is 41.5 Å². The Morgan fingerprint density at radius 3 is 1.17 bits per heavy atom. The largest absolute Gasteiger partial charge is 0.338 e. The molecule has 2 fully saturated rings. The van der Waals surface area contributed by atoms with Gasteiger partial charge >= 0.3 is 20.6 Å². The average molecular weight is 568 g/mol. The van der Waals surface area contributed by atoms with Gasteiger partial charge in [-0.15, -0.1) is 0 Å². The van der Waals surface area contributed by atoms with Gasteiger partial charge in [0.05, 0.1) is 24.6 Å². The molecule has 2 aliphatic heterocycles. The third-order valence-electron chi connectivity index (χ3n) is 4.41. The number of nitrogens with zero attached hydrogens (tertiary/aromatic N) is 3. The van der Waals surface area contributed by atoms with Gasteiger partial charge < -0.3 is 4.90 Å². The van der Waals surface area contributed by atoms with E-state index in [1.165, 1.54) is 8.61 Å². The maximum atomic E-state index is 11.6. The number of rotatable bonds is 8. The first-order valence-electron chi connectivity index (χ1n) is 11.8. The molecule has 0 radical (unpaired) electrons. The molecule has 0 aliphatic carbocycles.